The number of rotatable bonds is 7. The van der Waals surface area contributed by atoms with Gasteiger partial charge in [0.1, 0.15) is 0 Å². The van der Waals surface area contributed by atoms with Crippen molar-refractivity contribution in [1.29, 1.82) is 0 Å². The van der Waals surface area contributed by atoms with Crippen LogP contribution in [0, 0.1) is 5.92 Å². The zero-order valence-corrected chi connectivity index (χ0v) is 11.6. The lowest BCUT2D eigenvalue weighted by Gasteiger charge is -2.38. The van der Waals surface area contributed by atoms with E-state index in [2.05, 4.69) is 11.8 Å². The molecule has 0 spiro atoms. The van der Waals surface area contributed by atoms with Crippen LogP contribution >= 0.6 is 0 Å². The van der Waals surface area contributed by atoms with Crippen molar-refractivity contribution < 1.29 is 9.84 Å². The van der Waals surface area contributed by atoms with Crippen molar-refractivity contribution in [2.45, 2.75) is 50.7 Å². The summed E-state index contributed by atoms with van der Waals surface area (Å²) in [4.78, 5) is 2.39. The molecule has 4 heteroatoms. The van der Waals surface area contributed by atoms with Crippen molar-refractivity contribution in [3.05, 3.63) is 0 Å². The summed E-state index contributed by atoms with van der Waals surface area (Å²) >= 11 is 0. The molecule has 2 rings (SSSR count). The molecule has 4 nitrogen and oxygen atoms in total. The summed E-state index contributed by atoms with van der Waals surface area (Å²) in [5.41, 5.74) is 5.96. The van der Waals surface area contributed by atoms with Crippen LogP contribution in [0.5, 0.6) is 0 Å². The molecule has 0 radical (unpaired) electrons. The van der Waals surface area contributed by atoms with Crippen LogP contribution in [0.25, 0.3) is 0 Å². The first-order chi connectivity index (χ1) is 8.68. The fourth-order valence-corrected chi connectivity index (χ4v) is 2.96. The van der Waals surface area contributed by atoms with Gasteiger partial charge in [-0.15, -0.1) is 0 Å². The predicted octanol–water partition coefficient (Wildman–Crippen LogP) is 0.977. The highest BCUT2D eigenvalue weighted by molar-refractivity contribution is 5.00. The third-order valence-electron chi connectivity index (χ3n) is 4.22. The van der Waals surface area contributed by atoms with Crippen LogP contribution in [0.3, 0.4) is 0 Å². The molecule has 1 saturated carbocycles. The minimum atomic E-state index is -0.382. The zero-order valence-electron chi connectivity index (χ0n) is 11.6. The van der Waals surface area contributed by atoms with Gasteiger partial charge in [0.25, 0.3) is 0 Å². The van der Waals surface area contributed by atoms with E-state index < -0.39 is 0 Å². The van der Waals surface area contributed by atoms with E-state index in [0.717, 1.165) is 39.1 Å². The number of nitrogens with two attached hydrogens (primary N) is 1. The van der Waals surface area contributed by atoms with Crippen LogP contribution in [0.4, 0.5) is 0 Å². The van der Waals surface area contributed by atoms with Crippen molar-refractivity contribution >= 4 is 0 Å². The maximum Gasteiger partial charge on any atom is 0.0702 e. The number of aliphatic hydroxyl groups is 1. The van der Waals surface area contributed by atoms with Gasteiger partial charge >= 0.3 is 0 Å². The smallest absolute Gasteiger partial charge is 0.0702 e. The maximum atomic E-state index is 9.55. The maximum absolute atomic E-state index is 9.55. The molecule has 2 atom stereocenters. The quantitative estimate of drug-likeness (QED) is 0.713. The molecule has 2 unspecified atom stereocenters. The minimum absolute atomic E-state index is 0.106. The van der Waals surface area contributed by atoms with Gasteiger partial charge in [0.15, 0.2) is 0 Å². The van der Waals surface area contributed by atoms with Gasteiger partial charge < -0.3 is 15.6 Å². The molecule has 106 valence electrons. The zero-order chi connectivity index (χ0) is 13.0. The second kappa shape index (κ2) is 6.33. The average Bonchev–Trinajstić information content (AvgIpc) is 3.21. The van der Waals surface area contributed by atoms with Gasteiger partial charge in [-0.2, -0.15) is 0 Å². The first-order valence-electron chi connectivity index (χ1n) is 7.41. The van der Waals surface area contributed by atoms with E-state index >= 15 is 0 Å². The van der Waals surface area contributed by atoms with Gasteiger partial charge in [-0.1, -0.05) is 6.92 Å². The molecule has 0 aromatic rings. The van der Waals surface area contributed by atoms with Crippen molar-refractivity contribution in [3.63, 3.8) is 0 Å². The Bertz CT molecular complexity index is 258. The Labute approximate surface area is 110 Å². The van der Waals surface area contributed by atoms with Crippen molar-refractivity contribution in [2.24, 2.45) is 11.7 Å². The Morgan fingerprint density at radius 2 is 2.17 bits per heavy atom. The highest BCUT2D eigenvalue weighted by Crippen LogP contribution is 2.38. The van der Waals surface area contributed by atoms with Gasteiger partial charge in [-0.05, 0) is 44.6 Å². The minimum Gasteiger partial charge on any atom is -0.394 e. The van der Waals surface area contributed by atoms with E-state index in [1.54, 1.807) is 0 Å². The number of hydrogen-bond donors (Lipinski definition) is 2. The molecule has 18 heavy (non-hydrogen) atoms. The topological polar surface area (TPSA) is 58.7 Å². The molecule has 1 aliphatic heterocycles. The van der Waals surface area contributed by atoms with Gasteiger partial charge in [-0.3, -0.25) is 4.90 Å². The largest absolute Gasteiger partial charge is 0.394 e. The number of likely N-dealkylation sites (tertiary alicyclic amines) is 1. The van der Waals surface area contributed by atoms with Crippen LogP contribution in [-0.2, 0) is 4.74 Å². The summed E-state index contributed by atoms with van der Waals surface area (Å²) in [5.74, 6) is 0.527. The molecule has 1 aliphatic carbocycles. The van der Waals surface area contributed by atoms with Crippen LogP contribution in [0.15, 0.2) is 0 Å². The van der Waals surface area contributed by atoms with E-state index in [1.165, 1.54) is 19.3 Å². The molecule has 1 heterocycles. The summed E-state index contributed by atoms with van der Waals surface area (Å²) in [6, 6.07) is 0. The number of hydrogen-bond acceptors (Lipinski definition) is 4. The van der Waals surface area contributed by atoms with E-state index in [-0.39, 0.29) is 12.1 Å². The van der Waals surface area contributed by atoms with E-state index in [9.17, 15) is 5.11 Å². The molecular formula is C14H28N2O2. The molecule has 0 bridgehead atoms. The fourth-order valence-electron chi connectivity index (χ4n) is 2.96. The normalized spacial score (nSPS) is 29.2. The molecule has 3 N–H and O–H groups in total. The SMILES string of the molecule is CCCOC1CCCN(CC(N)(CO)C2CC2)C1. The molecular weight excluding hydrogens is 228 g/mol. The van der Waals surface area contributed by atoms with Crippen molar-refractivity contribution in [1.82, 2.24) is 4.90 Å². The number of aliphatic hydroxyl groups excluding tert-OH is 1. The van der Waals surface area contributed by atoms with Crippen molar-refractivity contribution in [3.8, 4) is 0 Å². The van der Waals surface area contributed by atoms with Gasteiger partial charge in [0.2, 0.25) is 0 Å². The van der Waals surface area contributed by atoms with Crippen LogP contribution in [0.2, 0.25) is 0 Å². The van der Waals surface area contributed by atoms with Crippen LogP contribution in [0.1, 0.15) is 39.0 Å². The summed E-state index contributed by atoms with van der Waals surface area (Å²) < 4.78 is 5.84. The Morgan fingerprint density at radius 1 is 1.39 bits per heavy atom. The summed E-state index contributed by atoms with van der Waals surface area (Å²) in [5, 5.41) is 9.55. The van der Waals surface area contributed by atoms with E-state index in [4.69, 9.17) is 10.5 Å². The first-order valence-corrected chi connectivity index (χ1v) is 7.41. The molecule has 1 saturated heterocycles. The van der Waals surface area contributed by atoms with E-state index in [0.29, 0.717) is 12.0 Å². The average molecular weight is 256 g/mol. The second-order valence-corrected chi connectivity index (χ2v) is 6.04. The first kappa shape index (κ1) is 14.3. The number of nitrogens with zero attached hydrogens (tertiary/aromatic N) is 1. The van der Waals surface area contributed by atoms with Gasteiger partial charge in [0.05, 0.1) is 18.2 Å². The lowest BCUT2D eigenvalue weighted by molar-refractivity contribution is -0.0104. The second-order valence-electron chi connectivity index (χ2n) is 6.04. The predicted molar refractivity (Wildman–Crippen MR) is 72.4 cm³/mol. The lowest BCUT2D eigenvalue weighted by atomic mass is 9.93. The highest BCUT2D eigenvalue weighted by Gasteiger charge is 2.43. The van der Waals surface area contributed by atoms with Crippen LogP contribution in [-0.4, -0.2) is 54.5 Å². The standard InChI is InChI=1S/C14H28N2O2/c1-2-8-18-13-4-3-7-16(9-13)10-14(15,11-17)12-5-6-12/h12-13,17H,2-11,15H2,1H3. The van der Waals surface area contributed by atoms with E-state index in [1.807, 2.05) is 0 Å². The van der Waals surface area contributed by atoms with Crippen molar-refractivity contribution in [2.75, 3.05) is 32.8 Å². The summed E-state index contributed by atoms with van der Waals surface area (Å²) in [6.45, 7) is 6.00. The van der Waals surface area contributed by atoms with Crippen LogP contribution < -0.4 is 5.73 Å². The lowest BCUT2D eigenvalue weighted by Crippen LogP contribution is -2.57. The number of ether oxygens (including phenoxy) is 1. The monoisotopic (exact) mass is 256 g/mol. The van der Waals surface area contributed by atoms with Gasteiger partial charge in [0, 0.05) is 19.7 Å². The third-order valence-corrected chi connectivity index (χ3v) is 4.22. The van der Waals surface area contributed by atoms with Gasteiger partial charge in [-0.25, -0.2) is 0 Å². The Balaban J connectivity index is 1.81. The Morgan fingerprint density at radius 3 is 2.78 bits per heavy atom. The Kier molecular flexibility index (Phi) is 5.01. The highest BCUT2D eigenvalue weighted by atomic mass is 16.5. The fraction of sp³-hybridized carbons (Fsp3) is 1.00. The molecule has 0 aromatic carbocycles. The number of piperidine rings is 1. The Hall–Kier alpha value is -0.160. The molecule has 0 aromatic heterocycles. The molecule has 0 amide bonds. The summed E-state index contributed by atoms with van der Waals surface area (Å²) in [7, 11) is 0. The summed E-state index contributed by atoms with van der Waals surface area (Å²) in [6.07, 6.45) is 6.15. The molecule has 2 fully saturated rings. The third kappa shape index (κ3) is 3.67. The molecule has 2 aliphatic rings.